The molecule has 158 valence electrons. The number of aromatic nitrogens is 1. The van der Waals surface area contributed by atoms with Crippen molar-refractivity contribution in [3.05, 3.63) is 41.4 Å². The Kier molecular flexibility index (Phi) is 8.40. The van der Waals surface area contributed by atoms with Crippen molar-refractivity contribution in [2.75, 3.05) is 56.1 Å². The third-order valence-corrected chi connectivity index (χ3v) is 6.48. The minimum Gasteiger partial charge on any atom is -0.360 e. The Labute approximate surface area is 195 Å². The third-order valence-electron chi connectivity index (χ3n) is 5.55. The number of aliphatic imine (C=N–C) groups is 1. The minimum absolute atomic E-state index is 0. The number of guanidine groups is 1. The molecule has 2 aliphatic heterocycles. The summed E-state index contributed by atoms with van der Waals surface area (Å²) in [6, 6.07) is 8.65. The van der Waals surface area contributed by atoms with E-state index in [-0.39, 0.29) is 24.0 Å². The number of anilines is 2. The van der Waals surface area contributed by atoms with E-state index in [0.717, 1.165) is 57.6 Å². The Balaban J connectivity index is 0.00000240. The van der Waals surface area contributed by atoms with E-state index in [2.05, 4.69) is 59.6 Å². The lowest BCUT2D eigenvalue weighted by molar-refractivity contribution is 0.373. The first kappa shape index (κ1) is 22.1. The van der Waals surface area contributed by atoms with Crippen LogP contribution < -0.4 is 15.1 Å². The molecule has 2 saturated heterocycles. The highest BCUT2D eigenvalue weighted by molar-refractivity contribution is 14.0. The molecule has 8 heteroatoms. The number of halogens is 1. The van der Waals surface area contributed by atoms with Crippen molar-refractivity contribution in [3.8, 4) is 0 Å². The Morgan fingerprint density at radius 2 is 1.86 bits per heavy atom. The van der Waals surface area contributed by atoms with Gasteiger partial charge in [-0.2, -0.15) is 0 Å². The number of thiophene rings is 1. The van der Waals surface area contributed by atoms with Gasteiger partial charge in [0, 0.05) is 59.1 Å². The molecule has 0 unspecified atom stereocenters. The number of nitrogens with zero attached hydrogens (tertiary/aromatic N) is 5. The number of piperazine rings is 1. The molecule has 2 aromatic rings. The molecule has 0 radical (unpaired) electrons. The second kappa shape index (κ2) is 11.0. The summed E-state index contributed by atoms with van der Waals surface area (Å²) in [5.41, 5.74) is 1.26. The van der Waals surface area contributed by atoms with Gasteiger partial charge in [-0.3, -0.25) is 4.99 Å². The molecule has 0 saturated carbocycles. The topological polar surface area (TPSA) is 47.0 Å². The van der Waals surface area contributed by atoms with Gasteiger partial charge in [0.05, 0.1) is 5.00 Å². The second-order valence-corrected chi connectivity index (χ2v) is 8.32. The minimum atomic E-state index is 0. The van der Waals surface area contributed by atoms with Crippen LogP contribution in [0.2, 0.25) is 0 Å². The summed E-state index contributed by atoms with van der Waals surface area (Å²) < 4.78 is 0. The molecule has 4 heterocycles. The highest BCUT2D eigenvalue weighted by atomic mass is 127. The number of nitrogens with one attached hydrogen (secondary N) is 1. The smallest absolute Gasteiger partial charge is 0.194 e. The van der Waals surface area contributed by atoms with Crippen LogP contribution in [0.25, 0.3) is 0 Å². The molecular formula is C21H31IN6S. The van der Waals surface area contributed by atoms with Gasteiger partial charge in [0.1, 0.15) is 5.82 Å². The average Bonchev–Trinajstić information content (AvgIpc) is 3.30. The summed E-state index contributed by atoms with van der Waals surface area (Å²) in [5, 5.41) is 7.06. The highest BCUT2D eigenvalue weighted by Gasteiger charge is 2.20. The summed E-state index contributed by atoms with van der Waals surface area (Å²) in [7, 11) is 1.87. The van der Waals surface area contributed by atoms with Gasteiger partial charge >= 0.3 is 0 Å². The zero-order valence-corrected chi connectivity index (χ0v) is 20.2. The van der Waals surface area contributed by atoms with Gasteiger partial charge in [0.15, 0.2) is 5.96 Å². The van der Waals surface area contributed by atoms with E-state index in [0.29, 0.717) is 0 Å². The van der Waals surface area contributed by atoms with E-state index in [1.165, 1.54) is 29.8 Å². The molecule has 0 atom stereocenters. The summed E-state index contributed by atoms with van der Waals surface area (Å²) in [6.07, 6.45) is 5.82. The van der Waals surface area contributed by atoms with Crippen molar-refractivity contribution in [3.63, 3.8) is 0 Å². The molecule has 29 heavy (non-hydrogen) atoms. The second-order valence-electron chi connectivity index (χ2n) is 7.40. The lowest BCUT2D eigenvalue weighted by Gasteiger charge is -2.37. The first-order valence-corrected chi connectivity index (χ1v) is 11.2. The molecule has 0 aliphatic carbocycles. The molecule has 0 aromatic carbocycles. The first-order valence-electron chi connectivity index (χ1n) is 10.3. The van der Waals surface area contributed by atoms with Gasteiger partial charge in [-0.05, 0) is 54.5 Å². The Morgan fingerprint density at radius 3 is 2.55 bits per heavy atom. The van der Waals surface area contributed by atoms with Crippen LogP contribution >= 0.6 is 35.3 Å². The largest absolute Gasteiger partial charge is 0.360 e. The maximum Gasteiger partial charge on any atom is 0.194 e. The van der Waals surface area contributed by atoms with Gasteiger partial charge in [-0.15, -0.1) is 35.3 Å². The van der Waals surface area contributed by atoms with Crippen molar-refractivity contribution in [2.24, 2.45) is 4.99 Å². The number of hydrogen-bond acceptors (Lipinski definition) is 5. The molecule has 6 nitrogen and oxygen atoms in total. The van der Waals surface area contributed by atoms with Gasteiger partial charge in [-0.25, -0.2) is 4.98 Å². The maximum absolute atomic E-state index is 4.59. The van der Waals surface area contributed by atoms with Gasteiger partial charge in [0.25, 0.3) is 0 Å². The van der Waals surface area contributed by atoms with E-state index < -0.39 is 0 Å². The van der Waals surface area contributed by atoms with Crippen molar-refractivity contribution >= 4 is 52.1 Å². The fourth-order valence-electron chi connectivity index (χ4n) is 3.97. The molecule has 0 spiro atoms. The van der Waals surface area contributed by atoms with E-state index in [1.54, 1.807) is 0 Å². The number of pyridine rings is 1. The van der Waals surface area contributed by atoms with Gasteiger partial charge < -0.3 is 20.0 Å². The lowest BCUT2D eigenvalue weighted by Crippen LogP contribution is -2.52. The number of rotatable bonds is 4. The number of hydrogen-bond donors (Lipinski definition) is 1. The van der Waals surface area contributed by atoms with Crippen LogP contribution in [-0.4, -0.2) is 62.2 Å². The molecule has 2 fully saturated rings. The van der Waals surface area contributed by atoms with Crippen molar-refractivity contribution in [1.29, 1.82) is 0 Å². The highest BCUT2D eigenvalue weighted by Crippen LogP contribution is 2.22. The van der Waals surface area contributed by atoms with Crippen LogP contribution in [-0.2, 0) is 6.54 Å². The summed E-state index contributed by atoms with van der Waals surface area (Å²) in [5.74, 6) is 2.10. The first-order chi connectivity index (χ1) is 13.8. The molecule has 4 rings (SSSR count). The monoisotopic (exact) mass is 526 g/mol. The quantitative estimate of drug-likeness (QED) is 0.375. The van der Waals surface area contributed by atoms with Gasteiger partial charge in [-0.1, -0.05) is 0 Å². The van der Waals surface area contributed by atoms with Crippen molar-refractivity contribution in [1.82, 2.24) is 15.2 Å². The van der Waals surface area contributed by atoms with Crippen LogP contribution in [0.5, 0.6) is 0 Å². The SMILES string of the molecule is CN=C(NCc1ccnc(N2CCCCC2)c1)N1CCN(c2cccs2)CC1.I. The van der Waals surface area contributed by atoms with Gasteiger partial charge in [0.2, 0.25) is 0 Å². The maximum atomic E-state index is 4.59. The fourth-order valence-corrected chi connectivity index (χ4v) is 4.75. The molecule has 0 amide bonds. The molecule has 2 aromatic heterocycles. The third kappa shape index (κ3) is 5.75. The van der Waals surface area contributed by atoms with Crippen LogP contribution in [0.3, 0.4) is 0 Å². The number of piperidine rings is 1. The summed E-state index contributed by atoms with van der Waals surface area (Å²) >= 11 is 1.82. The summed E-state index contributed by atoms with van der Waals surface area (Å²) in [4.78, 5) is 16.3. The average molecular weight is 526 g/mol. The fraction of sp³-hybridized carbons (Fsp3) is 0.524. The zero-order valence-electron chi connectivity index (χ0n) is 17.1. The molecule has 0 bridgehead atoms. The lowest BCUT2D eigenvalue weighted by atomic mass is 10.1. The Hall–Kier alpha value is -1.55. The molecular weight excluding hydrogens is 495 g/mol. The van der Waals surface area contributed by atoms with Crippen LogP contribution in [0.15, 0.2) is 40.8 Å². The summed E-state index contributed by atoms with van der Waals surface area (Å²) in [6.45, 7) is 7.09. The van der Waals surface area contributed by atoms with Crippen LogP contribution in [0, 0.1) is 0 Å². The zero-order chi connectivity index (χ0) is 19.2. The van der Waals surface area contributed by atoms with Crippen molar-refractivity contribution in [2.45, 2.75) is 25.8 Å². The Morgan fingerprint density at radius 1 is 1.07 bits per heavy atom. The van der Waals surface area contributed by atoms with E-state index in [4.69, 9.17) is 0 Å². The normalized spacial score (nSPS) is 17.8. The van der Waals surface area contributed by atoms with E-state index in [1.807, 2.05) is 24.6 Å². The van der Waals surface area contributed by atoms with Crippen molar-refractivity contribution < 1.29 is 0 Å². The predicted octanol–water partition coefficient (Wildman–Crippen LogP) is 3.65. The van der Waals surface area contributed by atoms with Crippen LogP contribution in [0.1, 0.15) is 24.8 Å². The molecule has 2 aliphatic rings. The Bertz CT molecular complexity index is 767. The van der Waals surface area contributed by atoms with E-state index >= 15 is 0 Å². The van der Waals surface area contributed by atoms with E-state index in [9.17, 15) is 0 Å². The molecule has 1 N–H and O–H groups in total. The predicted molar refractivity (Wildman–Crippen MR) is 134 cm³/mol. The standard InChI is InChI=1S/C21H30N6S.HI/c1-22-21(27-13-11-26(12-14-27)20-6-5-15-28-20)24-17-18-7-8-23-19(16-18)25-9-3-2-4-10-25;/h5-8,15-16H,2-4,9-14,17H2,1H3,(H,22,24);1H. The van der Waals surface area contributed by atoms with Crippen LogP contribution in [0.4, 0.5) is 10.8 Å².